The number of carbonyl (C=O) groups excluding carboxylic acids is 2. The van der Waals surface area contributed by atoms with Gasteiger partial charge in [0.05, 0.1) is 0 Å². The van der Waals surface area contributed by atoms with E-state index in [1.54, 1.807) is 0 Å². The average Bonchev–Trinajstić information content (AvgIpc) is 2.22. The van der Waals surface area contributed by atoms with Gasteiger partial charge in [0.15, 0.2) is 0 Å². The Hall–Kier alpha value is -1.50. The van der Waals surface area contributed by atoms with Gasteiger partial charge in [0.25, 0.3) is 0 Å². The third-order valence-corrected chi connectivity index (χ3v) is 2.18. The highest BCUT2D eigenvalue weighted by molar-refractivity contribution is 5.68. The Morgan fingerprint density at radius 1 is 0.909 bits per heavy atom. The Labute approximate surface area is 133 Å². The van der Waals surface area contributed by atoms with Crippen molar-refractivity contribution in [3.63, 3.8) is 0 Å². The van der Waals surface area contributed by atoms with Crippen LogP contribution in [-0.4, -0.2) is 49.1 Å². The third kappa shape index (κ3) is 13.5. The first-order valence-corrected chi connectivity index (χ1v) is 7.56. The lowest BCUT2D eigenvalue weighted by Crippen LogP contribution is -2.44. The second kappa shape index (κ2) is 8.82. The minimum Gasteiger partial charge on any atom is -0.444 e. The summed E-state index contributed by atoms with van der Waals surface area (Å²) < 4.78 is 10.3. The van der Waals surface area contributed by atoms with Gasteiger partial charge in [0, 0.05) is 25.7 Å². The zero-order valence-electron chi connectivity index (χ0n) is 14.8. The second-order valence-electron chi connectivity index (χ2n) is 7.18. The van der Waals surface area contributed by atoms with Gasteiger partial charge in [0.1, 0.15) is 11.2 Å². The quantitative estimate of drug-likeness (QED) is 0.652. The van der Waals surface area contributed by atoms with Crippen LogP contribution in [0.5, 0.6) is 0 Å². The molecule has 130 valence electrons. The lowest BCUT2D eigenvalue weighted by molar-refractivity contribution is 0.0506. The maximum Gasteiger partial charge on any atom is 0.407 e. The van der Waals surface area contributed by atoms with E-state index in [0.29, 0.717) is 19.6 Å². The van der Waals surface area contributed by atoms with E-state index in [2.05, 4.69) is 16.0 Å². The summed E-state index contributed by atoms with van der Waals surface area (Å²) in [7, 11) is 0. The summed E-state index contributed by atoms with van der Waals surface area (Å²) in [6.07, 6.45) is -0.872. The molecule has 0 aliphatic heterocycles. The van der Waals surface area contributed by atoms with E-state index in [1.165, 1.54) is 0 Å². The van der Waals surface area contributed by atoms with Crippen LogP contribution >= 0.6 is 0 Å². The maximum atomic E-state index is 11.5. The number of amides is 2. The van der Waals surface area contributed by atoms with Gasteiger partial charge in [-0.25, -0.2) is 9.59 Å². The number of rotatable bonds is 6. The number of hydrogen-bond acceptors (Lipinski definition) is 5. The summed E-state index contributed by atoms with van der Waals surface area (Å²) in [5.41, 5.74) is -1.00. The van der Waals surface area contributed by atoms with Crippen LogP contribution in [0, 0.1) is 0 Å². The fraction of sp³-hybridized carbons (Fsp3) is 0.867. The van der Waals surface area contributed by atoms with E-state index in [0.717, 1.165) is 0 Å². The Morgan fingerprint density at radius 3 is 1.91 bits per heavy atom. The minimum atomic E-state index is -0.505. The molecule has 0 fully saturated rings. The van der Waals surface area contributed by atoms with E-state index in [1.807, 2.05) is 48.5 Å². The maximum absolute atomic E-state index is 11.5. The van der Waals surface area contributed by atoms with E-state index < -0.39 is 23.4 Å². The highest BCUT2D eigenvalue weighted by Gasteiger charge is 2.17. The highest BCUT2D eigenvalue weighted by Crippen LogP contribution is 2.07. The molecule has 0 aromatic heterocycles. The molecule has 0 aliphatic rings. The van der Waals surface area contributed by atoms with Gasteiger partial charge < -0.3 is 25.4 Å². The van der Waals surface area contributed by atoms with Crippen LogP contribution in [0.4, 0.5) is 9.59 Å². The molecule has 1 unspecified atom stereocenters. The van der Waals surface area contributed by atoms with Gasteiger partial charge in [-0.3, -0.25) is 0 Å². The van der Waals surface area contributed by atoms with Crippen LogP contribution in [0.1, 0.15) is 48.5 Å². The lowest BCUT2D eigenvalue weighted by Gasteiger charge is -2.22. The fourth-order valence-corrected chi connectivity index (χ4v) is 1.45. The zero-order valence-corrected chi connectivity index (χ0v) is 14.8. The molecule has 3 N–H and O–H groups in total. The summed E-state index contributed by atoms with van der Waals surface area (Å²) in [6, 6.07) is -0.0728. The summed E-state index contributed by atoms with van der Waals surface area (Å²) in [5.74, 6) is 0. The predicted octanol–water partition coefficient (Wildman–Crippen LogP) is 2.01. The zero-order chi connectivity index (χ0) is 17.4. The van der Waals surface area contributed by atoms with Gasteiger partial charge in [-0.2, -0.15) is 0 Å². The average molecular weight is 317 g/mol. The summed E-state index contributed by atoms with van der Waals surface area (Å²) >= 11 is 0. The van der Waals surface area contributed by atoms with Crippen molar-refractivity contribution in [2.45, 2.75) is 65.7 Å². The van der Waals surface area contributed by atoms with Crippen molar-refractivity contribution in [3.05, 3.63) is 0 Å². The molecular formula is C15H31N3O4. The summed E-state index contributed by atoms with van der Waals surface area (Å²) in [6.45, 7) is 14.4. The number of hydrogen-bond donors (Lipinski definition) is 3. The van der Waals surface area contributed by atoms with E-state index in [9.17, 15) is 9.59 Å². The SMILES string of the molecule is CC(CNCCNC(=O)OC(C)(C)C)NC(=O)OC(C)(C)C. The topological polar surface area (TPSA) is 88.7 Å². The van der Waals surface area contributed by atoms with Crippen molar-refractivity contribution in [1.82, 2.24) is 16.0 Å². The van der Waals surface area contributed by atoms with Gasteiger partial charge in [-0.15, -0.1) is 0 Å². The van der Waals surface area contributed by atoms with Gasteiger partial charge in [-0.05, 0) is 48.5 Å². The molecule has 1 atom stereocenters. The van der Waals surface area contributed by atoms with Crippen LogP contribution in [0.3, 0.4) is 0 Å². The number of carbonyl (C=O) groups is 2. The molecule has 0 radical (unpaired) electrons. The highest BCUT2D eigenvalue weighted by atomic mass is 16.6. The largest absolute Gasteiger partial charge is 0.444 e. The Morgan fingerprint density at radius 2 is 1.41 bits per heavy atom. The minimum absolute atomic E-state index is 0.0728. The molecule has 7 heteroatoms. The molecule has 0 saturated heterocycles. The molecular weight excluding hydrogens is 286 g/mol. The summed E-state index contributed by atoms with van der Waals surface area (Å²) in [5, 5.41) is 8.51. The number of alkyl carbamates (subject to hydrolysis) is 2. The van der Waals surface area contributed by atoms with E-state index in [4.69, 9.17) is 9.47 Å². The first kappa shape index (κ1) is 20.5. The van der Waals surface area contributed by atoms with E-state index >= 15 is 0 Å². The normalized spacial score (nSPS) is 13.2. The molecule has 0 bridgehead atoms. The first-order chi connectivity index (χ1) is 9.89. The van der Waals surface area contributed by atoms with Crippen LogP contribution in [0.25, 0.3) is 0 Å². The van der Waals surface area contributed by atoms with Crippen LogP contribution in [0.15, 0.2) is 0 Å². The Balaban J connectivity index is 3.71. The van der Waals surface area contributed by atoms with Gasteiger partial charge >= 0.3 is 12.2 Å². The van der Waals surface area contributed by atoms with Crippen molar-refractivity contribution < 1.29 is 19.1 Å². The lowest BCUT2D eigenvalue weighted by atomic mass is 10.2. The number of nitrogens with one attached hydrogen (secondary N) is 3. The smallest absolute Gasteiger partial charge is 0.407 e. The molecule has 0 saturated carbocycles. The molecule has 0 heterocycles. The van der Waals surface area contributed by atoms with Crippen LogP contribution in [-0.2, 0) is 9.47 Å². The fourth-order valence-electron chi connectivity index (χ4n) is 1.45. The van der Waals surface area contributed by atoms with Crippen LogP contribution in [0.2, 0.25) is 0 Å². The van der Waals surface area contributed by atoms with Crippen molar-refractivity contribution in [1.29, 1.82) is 0 Å². The standard InChI is InChI=1S/C15H31N3O4/c1-11(18-13(20)22-15(5,6)7)10-16-8-9-17-12(19)21-14(2,3)4/h11,16H,8-10H2,1-7H3,(H,17,19)(H,18,20). The van der Waals surface area contributed by atoms with Crippen molar-refractivity contribution in [2.75, 3.05) is 19.6 Å². The van der Waals surface area contributed by atoms with Gasteiger partial charge in [0.2, 0.25) is 0 Å². The molecule has 7 nitrogen and oxygen atoms in total. The molecule has 0 aromatic rings. The van der Waals surface area contributed by atoms with Crippen molar-refractivity contribution in [3.8, 4) is 0 Å². The molecule has 0 spiro atoms. The first-order valence-electron chi connectivity index (χ1n) is 7.56. The Kier molecular flexibility index (Phi) is 8.22. The van der Waals surface area contributed by atoms with Crippen LogP contribution < -0.4 is 16.0 Å². The molecule has 0 aromatic carbocycles. The Bertz CT molecular complexity index is 359. The number of ether oxygens (including phenoxy) is 2. The molecule has 0 rings (SSSR count). The summed E-state index contributed by atoms with van der Waals surface area (Å²) in [4.78, 5) is 22.9. The predicted molar refractivity (Wildman–Crippen MR) is 85.9 cm³/mol. The monoisotopic (exact) mass is 317 g/mol. The van der Waals surface area contributed by atoms with Crippen molar-refractivity contribution in [2.24, 2.45) is 0 Å². The molecule has 2 amide bonds. The van der Waals surface area contributed by atoms with Gasteiger partial charge in [-0.1, -0.05) is 0 Å². The molecule has 22 heavy (non-hydrogen) atoms. The molecule has 0 aliphatic carbocycles. The second-order valence-corrected chi connectivity index (χ2v) is 7.18. The van der Waals surface area contributed by atoms with Crippen molar-refractivity contribution >= 4 is 12.2 Å². The third-order valence-electron chi connectivity index (χ3n) is 2.18. The van der Waals surface area contributed by atoms with E-state index in [-0.39, 0.29) is 6.04 Å².